The molecule has 0 bridgehead atoms. The molecule has 1 aliphatic rings. The first kappa shape index (κ1) is 19.3. The van der Waals surface area contributed by atoms with Crippen molar-refractivity contribution in [1.82, 2.24) is 14.5 Å². The van der Waals surface area contributed by atoms with E-state index in [0.717, 1.165) is 19.0 Å². The topological polar surface area (TPSA) is 103 Å². The van der Waals surface area contributed by atoms with Crippen molar-refractivity contribution in [2.24, 2.45) is 12.0 Å². The number of nitrogen functional groups attached to an aromatic ring is 1. The Morgan fingerprint density at radius 2 is 2.07 bits per heavy atom. The molecule has 0 aromatic carbocycles. The summed E-state index contributed by atoms with van der Waals surface area (Å²) >= 11 is 0. The maximum absolute atomic E-state index is 12.7. The quantitative estimate of drug-likeness (QED) is 0.776. The second-order valence-corrected chi connectivity index (χ2v) is 8.48. The SMILES string of the molecule is CCS(=O)(=O)c1c(N=Cc2cnc(C(F)(F)F)cc2N)nc(C2CC2)n1C. The average molecular weight is 401 g/mol. The van der Waals surface area contributed by atoms with E-state index in [9.17, 15) is 21.6 Å². The summed E-state index contributed by atoms with van der Waals surface area (Å²) in [6.07, 6.45) is -0.631. The van der Waals surface area contributed by atoms with Gasteiger partial charge in [-0.1, -0.05) is 6.92 Å². The van der Waals surface area contributed by atoms with Crippen LogP contribution < -0.4 is 5.73 Å². The lowest BCUT2D eigenvalue weighted by Crippen LogP contribution is -2.10. The van der Waals surface area contributed by atoms with Crippen molar-refractivity contribution in [2.75, 3.05) is 11.5 Å². The van der Waals surface area contributed by atoms with Crippen LogP contribution in [0.25, 0.3) is 0 Å². The minimum absolute atomic E-state index is 0.000507. The van der Waals surface area contributed by atoms with Gasteiger partial charge in [0.05, 0.1) is 5.75 Å². The first-order valence-electron chi connectivity index (χ1n) is 8.20. The van der Waals surface area contributed by atoms with Crippen LogP contribution in [0.1, 0.15) is 42.8 Å². The van der Waals surface area contributed by atoms with Crippen molar-refractivity contribution < 1.29 is 21.6 Å². The number of hydrogen-bond acceptors (Lipinski definition) is 6. The minimum Gasteiger partial charge on any atom is -0.398 e. The van der Waals surface area contributed by atoms with Gasteiger partial charge in [0.25, 0.3) is 0 Å². The lowest BCUT2D eigenvalue weighted by Gasteiger charge is -2.07. The lowest BCUT2D eigenvalue weighted by atomic mass is 10.2. The standard InChI is InChI=1S/C16H18F3N5O2S/c1-3-27(25,26)15-13(23-14(24(15)2)9-4-5-9)22-8-10-7-21-12(6-11(10)20)16(17,18)19/h6-9H,3-5H2,1-2H3,(H2,20,21). The maximum atomic E-state index is 12.7. The van der Waals surface area contributed by atoms with Crippen LogP contribution in [0.15, 0.2) is 22.3 Å². The number of aliphatic imine (C=N–C) groups is 1. The highest BCUT2D eigenvalue weighted by atomic mass is 32.2. The molecule has 0 unspecified atom stereocenters. The molecule has 11 heteroatoms. The van der Waals surface area contributed by atoms with E-state index in [1.165, 1.54) is 17.7 Å². The molecule has 7 nitrogen and oxygen atoms in total. The number of nitrogens with two attached hydrogens (primary N) is 1. The number of anilines is 1. The second kappa shape index (κ2) is 6.63. The van der Waals surface area contributed by atoms with Gasteiger partial charge < -0.3 is 10.3 Å². The predicted molar refractivity (Wildman–Crippen MR) is 93.8 cm³/mol. The van der Waals surface area contributed by atoms with Crippen LogP contribution in [-0.2, 0) is 23.1 Å². The summed E-state index contributed by atoms with van der Waals surface area (Å²) in [4.78, 5) is 11.8. The number of sulfone groups is 1. The highest BCUT2D eigenvalue weighted by Crippen LogP contribution is 2.42. The molecule has 0 spiro atoms. The zero-order valence-electron chi connectivity index (χ0n) is 14.7. The van der Waals surface area contributed by atoms with E-state index in [1.54, 1.807) is 7.05 Å². The smallest absolute Gasteiger partial charge is 0.398 e. The Kier molecular flexibility index (Phi) is 4.74. The molecular weight excluding hydrogens is 383 g/mol. The van der Waals surface area contributed by atoms with E-state index in [2.05, 4.69) is 15.0 Å². The van der Waals surface area contributed by atoms with Crippen molar-refractivity contribution in [2.45, 2.75) is 36.9 Å². The number of pyridine rings is 1. The summed E-state index contributed by atoms with van der Waals surface area (Å²) < 4.78 is 64.4. The highest BCUT2D eigenvalue weighted by Gasteiger charge is 2.34. The molecule has 1 saturated carbocycles. The molecule has 1 fully saturated rings. The van der Waals surface area contributed by atoms with Crippen molar-refractivity contribution in [3.05, 3.63) is 29.3 Å². The van der Waals surface area contributed by atoms with E-state index in [-0.39, 0.29) is 33.8 Å². The van der Waals surface area contributed by atoms with Crippen LogP contribution in [-0.4, -0.2) is 34.9 Å². The molecule has 2 heterocycles. The fraction of sp³-hybridized carbons (Fsp3) is 0.438. The Labute approximate surface area is 154 Å². The molecule has 0 aliphatic heterocycles. The summed E-state index contributed by atoms with van der Waals surface area (Å²) in [5, 5.41) is -0.0124. The summed E-state index contributed by atoms with van der Waals surface area (Å²) in [6.45, 7) is 1.52. The van der Waals surface area contributed by atoms with Crippen molar-refractivity contribution in [1.29, 1.82) is 0 Å². The molecular formula is C16H18F3N5O2S. The number of aromatic nitrogens is 3. The molecule has 0 amide bonds. The molecule has 3 rings (SSSR count). The summed E-state index contributed by atoms with van der Waals surface area (Å²) in [5.41, 5.74) is 4.51. The third kappa shape index (κ3) is 3.82. The molecule has 0 saturated heterocycles. The monoisotopic (exact) mass is 401 g/mol. The Hall–Kier alpha value is -2.43. The zero-order chi connectivity index (χ0) is 20.0. The van der Waals surface area contributed by atoms with Gasteiger partial charge in [-0.2, -0.15) is 13.2 Å². The van der Waals surface area contributed by atoms with Crippen molar-refractivity contribution in [3.63, 3.8) is 0 Å². The Morgan fingerprint density at radius 3 is 2.59 bits per heavy atom. The molecule has 0 radical (unpaired) electrons. The number of alkyl halides is 3. The van der Waals surface area contributed by atoms with Crippen LogP contribution in [0.3, 0.4) is 0 Å². The molecule has 146 valence electrons. The van der Waals surface area contributed by atoms with E-state index < -0.39 is 21.7 Å². The van der Waals surface area contributed by atoms with Gasteiger partial charge in [-0.25, -0.2) is 18.4 Å². The van der Waals surface area contributed by atoms with Gasteiger partial charge in [-0.3, -0.25) is 4.98 Å². The van der Waals surface area contributed by atoms with Crippen molar-refractivity contribution >= 4 is 27.6 Å². The average Bonchev–Trinajstić information content (AvgIpc) is 3.36. The van der Waals surface area contributed by atoms with Crippen LogP contribution in [0.2, 0.25) is 0 Å². The minimum atomic E-state index is -4.60. The van der Waals surface area contributed by atoms with Gasteiger partial charge in [0.15, 0.2) is 20.7 Å². The van der Waals surface area contributed by atoms with E-state index >= 15 is 0 Å². The van der Waals surface area contributed by atoms with Crippen LogP contribution in [0, 0.1) is 0 Å². The van der Waals surface area contributed by atoms with Crippen LogP contribution in [0.5, 0.6) is 0 Å². The summed E-state index contributed by atoms with van der Waals surface area (Å²) in [5.74, 6) is 0.708. The number of rotatable bonds is 5. The summed E-state index contributed by atoms with van der Waals surface area (Å²) in [7, 11) is -1.97. The molecule has 2 aromatic rings. The Balaban J connectivity index is 2.02. The zero-order valence-corrected chi connectivity index (χ0v) is 15.5. The van der Waals surface area contributed by atoms with Gasteiger partial charge in [0.1, 0.15) is 11.5 Å². The fourth-order valence-electron chi connectivity index (χ4n) is 2.64. The third-order valence-electron chi connectivity index (χ3n) is 4.26. The molecule has 2 aromatic heterocycles. The van der Waals surface area contributed by atoms with Crippen LogP contribution >= 0.6 is 0 Å². The molecule has 1 aliphatic carbocycles. The Morgan fingerprint density at radius 1 is 1.41 bits per heavy atom. The van der Waals surface area contributed by atoms with E-state index in [4.69, 9.17) is 5.73 Å². The Bertz CT molecular complexity index is 1010. The van der Waals surface area contributed by atoms with Crippen LogP contribution in [0.4, 0.5) is 24.7 Å². The van der Waals surface area contributed by atoms with Gasteiger partial charge >= 0.3 is 6.18 Å². The number of imidazole rings is 1. The maximum Gasteiger partial charge on any atom is 0.433 e. The molecule has 2 N–H and O–H groups in total. The van der Waals surface area contributed by atoms with Crippen molar-refractivity contribution in [3.8, 4) is 0 Å². The van der Waals surface area contributed by atoms with Gasteiger partial charge in [-0.15, -0.1) is 0 Å². The van der Waals surface area contributed by atoms with Gasteiger partial charge in [0, 0.05) is 36.6 Å². The molecule has 0 atom stereocenters. The number of halogens is 3. The first-order valence-corrected chi connectivity index (χ1v) is 9.86. The normalized spacial score (nSPS) is 15.6. The number of hydrogen-bond donors (Lipinski definition) is 1. The largest absolute Gasteiger partial charge is 0.433 e. The first-order chi connectivity index (χ1) is 12.5. The van der Waals surface area contributed by atoms with E-state index in [1.807, 2.05) is 0 Å². The number of nitrogens with zero attached hydrogens (tertiary/aromatic N) is 4. The predicted octanol–water partition coefficient (Wildman–Crippen LogP) is 2.84. The fourth-order valence-corrected chi connectivity index (χ4v) is 3.80. The second-order valence-electron chi connectivity index (χ2n) is 6.29. The summed E-state index contributed by atoms with van der Waals surface area (Å²) in [6, 6.07) is 0.707. The van der Waals surface area contributed by atoms with Gasteiger partial charge in [0.2, 0.25) is 0 Å². The highest BCUT2D eigenvalue weighted by molar-refractivity contribution is 7.91. The van der Waals surface area contributed by atoms with E-state index in [0.29, 0.717) is 11.9 Å². The lowest BCUT2D eigenvalue weighted by molar-refractivity contribution is -0.141. The van der Waals surface area contributed by atoms with Gasteiger partial charge in [-0.05, 0) is 18.9 Å². The molecule has 27 heavy (non-hydrogen) atoms. The third-order valence-corrected chi connectivity index (χ3v) is 6.07.